The van der Waals surface area contributed by atoms with Crippen LogP contribution in [0.15, 0.2) is 0 Å². The van der Waals surface area contributed by atoms with Crippen LogP contribution in [0.4, 0.5) is 13.2 Å². The molecule has 0 fully saturated rings. The molecule has 4 nitrogen and oxygen atoms in total. The molecular formula is C11H12F3NO3S. The van der Waals surface area contributed by atoms with E-state index in [2.05, 4.69) is 9.72 Å². The van der Waals surface area contributed by atoms with Gasteiger partial charge in [-0.2, -0.15) is 13.2 Å². The van der Waals surface area contributed by atoms with Gasteiger partial charge in [0.15, 0.2) is 5.69 Å². The van der Waals surface area contributed by atoms with E-state index in [9.17, 15) is 22.8 Å². The van der Waals surface area contributed by atoms with Crippen molar-refractivity contribution in [3.8, 4) is 0 Å². The SMILES string of the molecule is CC(=O)CCc1nc(C(F)(F)F)c(COC(C)=O)s1. The van der Waals surface area contributed by atoms with Crippen molar-refractivity contribution in [2.45, 2.75) is 39.5 Å². The number of aryl methyl sites for hydroxylation is 1. The topological polar surface area (TPSA) is 56.3 Å². The number of aromatic nitrogens is 1. The highest BCUT2D eigenvalue weighted by atomic mass is 32.1. The molecule has 0 aliphatic carbocycles. The summed E-state index contributed by atoms with van der Waals surface area (Å²) in [5.74, 6) is -0.780. The number of ether oxygens (including phenoxy) is 1. The average molecular weight is 295 g/mol. The molecule has 0 saturated carbocycles. The molecule has 1 aromatic rings. The molecule has 0 radical (unpaired) electrons. The molecule has 106 valence electrons. The maximum absolute atomic E-state index is 12.7. The standard InChI is InChI=1S/C11H12F3NO3S/c1-6(16)3-4-9-15-10(11(12,13)14)8(19-9)5-18-7(2)17/h3-5H2,1-2H3. The van der Waals surface area contributed by atoms with E-state index < -0.39 is 24.4 Å². The van der Waals surface area contributed by atoms with Crippen molar-refractivity contribution >= 4 is 23.1 Å². The van der Waals surface area contributed by atoms with E-state index in [1.807, 2.05) is 0 Å². The molecule has 0 spiro atoms. The van der Waals surface area contributed by atoms with E-state index in [-0.39, 0.29) is 28.5 Å². The van der Waals surface area contributed by atoms with Crippen LogP contribution in [0.3, 0.4) is 0 Å². The summed E-state index contributed by atoms with van der Waals surface area (Å²) in [4.78, 5) is 24.8. The van der Waals surface area contributed by atoms with Gasteiger partial charge in [-0.25, -0.2) is 4.98 Å². The van der Waals surface area contributed by atoms with Gasteiger partial charge in [-0.15, -0.1) is 11.3 Å². The fourth-order valence-corrected chi connectivity index (χ4v) is 2.28. The van der Waals surface area contributed by atoms with Crippen LogP contribution in [0.25, 0.3) is 0 Å². The lowest BCUT2D eigenvalue weighted by Crippen LogP contribution is -2.10. The number of hydrogen-bond donors (Lipinski definition) is 0. The summed E-state index contributed by atoms with van der Waals surface area (Å²) in [7, 11) is 0. The first kappa shape index (κ1) is 15.6. The van der Waals surface area contributed by atoms with Crippen molar-refractivity contribution in [1.29, 1.82) is 0 Å². The molecule has 8 heteroatoms. The van der Waals surface area contributed by atoms with Crippen LogP contribution in [0.5, 0.6) is 0 Å². The first-order chi connectivity index (χ1) is 8.70. The van der Waals surface area contributed by atoms with E-state index in [0.29, 0.717) is 0 Å². The van der Waals surface area contributed by atoms with Crippen molar-refractivity contribution in [2.24, 2.45) is 0 Å². The minimum absolute atomic E-state index is 0.120. The third-order valence-electron chi connectivity index (χ3n) is 2.11. The lowest BCUT2D eigenvalue weighted by atomic mass is 10.2. The molecule has 0 saturated heterocycles. The number of Topliss-reactive ketones (excluding diaryl/α,β-unsaturated/α-hetero) is 1. The Hall–Kier alpha value is -1.44. The fraction of sp³-hybridized carbons (Fsp3) is 0.545. The van der Waals surface area contributed by atoms with Gasteiger partial charge in [-0.1, -0.05) is 0 Å². The van der Waals surface area contributed by atoms with Gasteiger partial charge in [0, 0.05) is 19.8 Å². The molecule has 0 atom stereocenters. The highest BCUT2D eigenvalue weighted by Gasteiger charge is 2.37. The second-order valence-corrected chi connectivity index (χ2v) is 5.03. The molecule has 1 heterocycles. The Morgan fingerprint density at radius 3 is 2.42 bits per heavy atom. The molecule has 0 aromatic carbocycles. The van der Waals surface area contributed by atoms with E-state index in [4.69, 9.17) is 0 Å². The normalized spacial score (nSPS) is 11.4. The van der Waals surface area contributed by atoms with E-state index in [1.54, 1.807) is 0 Å². The number of alkyl halides is 3. The summed E-state index contributed by atoms with van der Waals surface area (Å²) < 4.78 is 42.7. The Labute approximate surface area is 111 Å². The molecule has 0 N–H and O–H groups in total. The Balaban J connectivity index is 2.92. The van der Waals surface area contributed by atoms with Gasteiger partial charge in [-0.3, -0.25) is 4.79 Å². The van der Waals surface area contributed by atoms with Crippen molar-refractivity contribution in [2.75, 3.05) is 0 Å². The first-order valence-electron chi connectivity index (χ1n) is 5.38. The van der Waals surface area contributed by atoms with E-state index >= 15 is 0 Å². The monoisotopic (exact) mass is 295 g/mol. The number of thiazole rings is 1. The van der Waals surface area contributed by atoms with Crippen LogP contribution in [0, 0.1) is 0 Å². The number of esters is 1. The van der Waals surface area contributed by atoms with Gasteiger partial charge in [0.25, 0.3) is 0 Å². The predicted octanol–water partition coefficient (Wildman–Crippen LogP) is 2.75. The summed E-state index contributed by atoms with van der Waals surface area (Å²) in [6.45, 7) is 2.02. The van der Waals surface area contributed by atoms with Crippen LogP contribution in [-0.4, -0.2) is 16.7 Å². The summed E-state index contributed by atoms with van der Waals surface area (Å²) in [5.41, 5.74) is -1.04. The van der Waals surface area contributed by atoms with Crippen LogP contribution in [0.1, 0.15) is 35.8 Å². The second kappa shape index (κ2) is 6.14. The lowest BCUT2D eigenvalue weighted by Gasteiger charge is -2.05. The average Bonchev–Trinajstić information content (AvgIpc) is 2.66. The van der Waals surface area contributed by atoms with Gasteiger partial charge in [0.1, 0.15) is 12.4 Å². The molecule has 19 heavy (non-hydrogen) atoms. The number of hydrogen-bond acceptors (Lipinski definition) is 5. The Morgan fingerprint density at radius 2 is 1.95 bits per heavy atom. The Kier molecular flexibility index (Phi) is 5.04. The second-order valence-electron chi connectivity index (χ2n) is 3.86. The Morgan fingerprint density at radius 1 is 1.32 bits per heavy atom. The molecular weight excluding hydrogens is 283 g/mol. The van der Waals surface area contributed by atoms with Crippen molar-refractivity contribution in [1.82, 2.24) is 4.98 Å². The summed E-state index contributed by atoms with van der Waals surface area (Å²) >= 11 is 0.810. The third kappa shape index (κ3) is 4.98. The summed E-state index contributed by atoms with van der Waals surface area (Å²) in [6.07, 6.45) is -4.30. The largest absolute Gasteiger partial charge is 0.460 e. The van der Waals surface area contributed by atoms with Gasteiger partial charge >= 0.3 is 12.1 Å². The smallest absolute Gasteiger partial charge is 0.434 e. The fourth-order valence-electron chi connectivity index (χ4n) is 1.28. The molecule has 0 aliphatic heterocycles. The quantitative estimate of drug-likeness (QED) is 0.784. The van der Waals surface area contributed by atoms with Crippen LogP contribution in [-0.2, 0) is 33.5 Å². The van der Waals surface area contributed by atoms with Crippen LogP contribution in [0.2, 0.25) is 0 Å². The zero-order chi connectivity index (χ0) is 14.6. The molecule has 0 aliphatic rings. The molecule has 0 bridgehead atoms. The van der Waals surface area contributed by atoms with Crippen LogP contribution >= 0.6 is 11.3 Å². The highest BCUT2D eigenvalue weighted by molar-refractivity contribution is 7.11. The lowest BCUT2D eigenvalue weighted by molar-refractivity contribution is -0.146. The summed E-state index contributed by atoms with van der Waals surface area (Å²) in [5, 5.41) is 0.213. The zero-order valence-electron chi connectivity index (χ0n) is 10.3. The molecule has 1 aromatic heterocycles. The Bertz CT molecular complexity index is 482. The third-order valence-corrected chi connectivity index (χ3v) is 3.20. The van der Waals surface area contributed by atoms with Gasteiger partial charge in [0.2, 0.25) is 0 Å². The molecule has 1 rings (SSSR count). The molecule has 0 unspecified atom stereocenters. The minimum atomic E-state index is -4.60. The number of nitrogens with zero attached hydrogens (tertiary/aromatic N) is 1. The maximum Gasteiger partial charge on any atom is 0.434 e. The van der Waals surface area contributed by atoms with E-state index in [0.717, 1.165) is 18.3 Å². The number of carbonyl (C=O) groups excluding carboxylic acids is 2. The molecule has 0 amide bonds. The predicted molar refractivity (Wildman–Crippen MR) is 61.6 cm³/mol. The van der Waals surface area contributed by atoms with E-state index in [1.165, 1.54) is 6.92 Å². The maximum atomic E-state index is 12.7. The van der Waals surface area contributed by atoms with Crippen molar-refractivity contribution < 1.29 is 27.5 Å². The number of ketones is 1. The minimum Gasteiger partial charge on any atom is -0.460 e. The van der Waals surface area contributed by atoms with Crippen LogP contribution < -0.4 is 0 Å². The van der Waals surface area contributed by atoms with Gasteiger partial charge in [-0.05, 0) is 6.92 Å². The number of halogens is 3. The zero-order valence-corrected chi connectivity index (χ0v) is 11.2. The number of rotatable bonds is 5. The van der Waals surface area contributed by atoms with Crippen molar-refractivity contribution in [3.05, 3.63) is 15.6 Å². The van der Waals surface area contributed by atoms with Gasteiger partial charge in [0.05, 0.1) is 9.88 Å². The van der Waals surface area contributed by atoms with Crippen molar-refractivity contribution in [3.63, 3.8) is 0 Å². The first-order valence-corrected chi connectivity index (χ1v) is 6.20. The number of carbonyl (C=O) groups is 2. The van der Waals surface area contributed by atoms with Gasteiger partial charge < -0.3 is 9.53 Å². The summed E-state index contributed by atoms with van der Waals surface area (Å²) in [6, 6.07) is 0. The highest BCUT2D eigenvalue weighted by Crippen LogP contribution is 2.35.